The van der Waals surface area contributed by atoms with Gasteiger partial charge in [0, 0.05) is 12.4 Å². The molecule has 0 aliphatic carbocycles. The highest BCUT2D eigenvalue weighted by Crippen LogP contribution is 2.22. The highest BCUT2D eigenvalue weighted by molar-refractivity contribution is 9.10. The van der Waals surface area contributed by atoms with Crippen molar-refractivity contribution in [3.63, 3.8) is 0 Å². The molecular formula is C11H8BrClN4O. The Morgan fingerprint density at radius 3 is 2.94 bits per heavy atom. The van der Waals surface area contributed by atoms with Crippen molar-refractivity contribution in [1.29, 1.82) is 0 Å². The Morgan fingerprint density at radius 2 is 2.22 bits per heavy atom. The van der Waals surface area contributed by atoms with E-state index in [2.05, 4.69) is 31.2 Å². The largest absolute Gasteiger partial charge is 0.397 e. The van der Waals surface area contributed by atoms with E-state index in [4.69, 9.17) is 17.3 Å². The van der Waals surface area contributed by atoms with Gasteiger partial charge in [-0.25, -0.2) is 4.98 Å². The van der Waals surface area contributed by atoms with Crippen LogP contribution in [0.25, 0.3) is 0 Å². The van der Waals surface area contributed by atoms with E-state index in [0.717, 1.165) is 0 Å². The van der Waals surface area contributed by atoms with Crippen molar-refractivity contribution >= 4 is 44.8 Å². The molecule has 1 amide bonds. The molecule has 0 atom stereocenters. The molecule has 0 aliphatic heterocycles. The molecule has 3 N–H and O–H groups in total. The average Bonchev–Trinajstić information content (AvgIpc) is 2.35. The van der Waals surface area contributed by atoms with E-state index < -0.39 is 0 Å². The van der Waals surface area contributed by atoms with Crippen LogP contribution < -0.4 is 11.1 Å². The van der Waals surface area contributed by atoms with Gasteiger partial charge in [-0.05, 0) is 28.1 Å². The first-order valence-electron chi connectivity index (χ1n) is 4.90. The number of carbonyl (C=O) groups is 1. The summed E-state index contributed by atoms with van der Waals surface area (Å²) >= 11 is 9.01. The van der Waals surface area contributed by atoms with Crippen molar-refractivity contribution in [3.05, 3.63) is 45.9 Å². The van der Waals surface area contributed by atoms with Crippen LogP contribution in [-0.4, -0.2) is 15.9 Å². The lowest BCUT2D eigenvalue weighted by molar-refractivity contribution is 0.102. The Balaban J connectivity index is 2.28. The minimum absolute atomic E-state index is 0.211. The smallest absolute Gasteiger partial charge is 0.257 e. The second-order valence-electron chi connectivity index (χ2n) is 3.40. The normalized spacial score (nSPS) is 10.1. The fourth-order valence-electron chi connectivity index (χ4n) is 1.30. The molecule has 2 aromatic heterocycles. The van der Waals surface area contributed by atoms with Gasteiger partial charge in [-0.3, -0.25) is 9.78 Å². The van der Waals surface area contributed by atoms with Gasteiger partial charge < -0.3 is 11.1 Å². The molecule has 2 rings (SSSR count). The zero-order chi connectivity index (χ0) is 13.1. The summed E-state index contributed by atoms with van der Waals surface area (Å²) < 4.78 is 0.678. The number of amides is 1. The number of hydrogen-bond acceptors (Lipinski definition) is 4. The molecule has 0 bridgehead atoms. The molecular weight excluding hydrogens is 320 g/mol. The van der Waals surface area contributed by atoms with Crippen molar-refractivity contribution in [3.8, 4) is 0 Å². The monoisotopic (exact) mass is 326 g/mol. The summed E-state index contributed by atoms with van der Waals surface area (Å²) in [4.78, 5) is 19.7. The maximum Gasteiger partial charge on any atom is 0.257 e. The SMILES string of the molecule is Nc1cnc(Cl)cc1C(=O)Nc1ccncc1Br. The summed E-state index contributed by atoms with van der Waals surface area (Å²) in [5, 5.41) is 2.91. The Labute approximate surface area is 117 Å². The lowest BCUT2D eigenvalue weighted by atomic mass is 10.2. The van der Waals surface area contributed by atoms with Crippen molar-refractivity contribution in [2.45, 2.75) is 0 Å². The maximum absolute atomic E-state index is 12.0. The molecule has 7 heteroatoms. The molecule has 2 aromatic rings. The minimum atomic E-state index is -0.358. The lowest BCUT2D eigenvalue weighted by Crippen LogP contribution is -2.14. The van der Waals surface area contributed by atoms with Crippen LogP contribution in [0.4, 0.5) is 11.4 Å². The molecule has 92 valence electrons. The molecule has 18 heavy (non-hydrogen) atoms. The van der Waals surface area contributed by atoms with E-state index in [-0.39, 0.29) is 22.3 Å². The third-order valence-electron chi connectivity index (χ3n) is 2.17. The van der Waals surface area contributed by atoms with Crippen molar-refractivity contribution in [1.82, 2.24) is 9.97 Å². The summed E-state index contributed by atoms with van der Waals surface area (Å²) in [6, 6.07) is 3.09. The minimum Gasteiger partial charge on any atom is -0.397 e. The molecule has 5 nitrogen and oxygen atoms in total. The van der Waals surface area contributed by atoms with Gasteiger partial charge >= 0.3 is 0 Å². The second-order valence-corrected chi connectivity index (χ2v) is 4.65. The molecule has 0 saturated carbocycles. The van der Waals surface area contributed by atoms with Gasteiger partial charge in [0.15, 0.2) is 0 Å². The summed E-state index contributed by atoms with van der Waals surface area (Å²) in [5.41, 5.74) is 6.82. The number of nitrogens with zero attached hydrogens (tertiary/aromatic N) is 2. The van der Waals surface area contributed by atoms with E-state index in [1.165, 1.54) is 12.3 Å². The number of halogens is 2. The second kappa shape index (κ2) is 5.32. The Hall–Kier alpha value is -1.66. The van der Waals surface area contributed by atoms with Gasteiger partial charge in [-0.2, -0.15) is 0 Å². The number of nitrogens with one attached hydrogen (secondary N) is 1. The van der Waals surface area contributed by atoms with Crippen molar-refractivity contribution in [2.75, 3.05) is 11.1 Å². The third-order valence-corrected chi connectivity index (χ3v) is 3.01. The number of rotatable bonds is 2. The maximum atomic E-state index is 12.0. The van der Waals surface area contributed by atoms with Gasteiger partial charge in [-0.15, -0.1) is 0 Å². The summed E-state index contributed by atoms with van der Waals surface area (Å²) in [5.74, 6) is -0.358. The van der Waals surface area contributed by atoms with Crippen LogP contribution in [0, 0.1) is 0 Å². The third kappa shape index (κ3) is 2.77. The van der Waals surface area contributed by atoms with Gasteiger partial charge in [0.1, 0.15) is 5.15 Å². The number of nitrogens with two attached hydrogens (primary N) is 1. The van der Waals surface area contributed by atoms with Gasteiger partial charge in [0.2, 0.25) is 0 Å². The number of pyridine rings is 2. The van der Waals surface area contributed by atoms with Crippen LogP contribution in [0.1, 0.15) is 10.4 Å². The molecule has 0 radical (unpaired) electrons. The van der Waals surface area contributed by atoms with Crippen LogP contribution in [0.3, 0.4) is 0 Å². The number of anilines is 2. The summed E-state index contributed by atoms with van der Waals surface area (Å²) in [7, 11) is 0. The van der Waals surface area contributed by atoms with Crippen LogP contribution in [0.2, 0.25) is 5.15 Å². The number of nitrogen functional groups attached to an aromatic ring is 1. The molecule has 0 unspecified atom stereocenters. The van der Waals surface area contributed by atoms with Gasteiger partial charge in [0.05, 0.1) is 27.6 Å². The topological polar surface area (TPSA) is 80.9 Å². The zero-order valence-electron chi connectivity index (χ0n) is 9.02. The van der Waals surface area contributed by atoms with E-state index in [1.807, 2.05) is 0 Å². The first-order chi connectivity index (χ1) is 8.58. The quantitative estimate of drug-likeness (QED) is 0.831. The Morgan fingerprint density at radius 1 is 1.44 bits per heavy atom. The fourth-order valence-corrected chi connectivity index (χ4v) is 1.81. The molecule has 0 saturated heterocycles. The molecule has 2 heterocycles. The number of aromatic nitrogens is 2. The van der Waals surface area contributed by atoms with Gasteiger partial charge in [0.25, 0.3) is 5.91 Å². The first kappa shape index (κ1) is 12.8. The van der Waals surface area contributed by atoms with Crippen molar-refractivity contribution in [2.24, 2.45) is 0 Å². The van der Waals surface area contributed by atoms with E-state index >= 15 is 0 Å². The van der Waals surface area contributed by atoms with Crippen LogP contribution in [0.5, 0.6) is 0 Å². The first-order valence-corrected chi connectivity index (χ1v) is 6.07. The summed E-state index contributed by atoms with van der Waals surface area (Å²) in [6.07, 6.45) is 4.50. The lowest BCUT2D eigenvalue weighted by Gasteiger charge is -2.08. The van der Waals surface area contributed by atoms with Crippen LogP contribution in [-0.2, 0) is 0 Å². The summed E-state index contributed by atoms with van der Waals surface area (Å²) in [6.45, 7) is 0. The van der Waals surface area contributed by atoms with Crippen LogP contribution in [0.15, 0.2) is 35.2 Å². The predicted octanol–water partition coefficient (Wildman–Crippen LogP) is 2.73. The number of hydrogen-bond donors (Lipinski definition) is 2. The predicted molar refractivity (Wildman–Crippen MR) is 73.5 cm³/mol. The molecule has 0 aromatic carbocycles. The zero-order valence-corrected chi connectivity index (χ0v) is 11.4. The Bertz CT molecular complexity index is 605. The van der Waals surface area contributed by atoms with E-state index in [9.17, 15) is 4.79 Å². The fraction of sp³-hybridized carbons (Fsp3) is 0. The highest BCUT2D eigenvalue weighted by atomic mass is 79.9. The number of carbonyl (C=O) groups excluding carboxylic acids is 1. The van der Waals surface area contributed by atoms with Crippen LogP contribution >= 0.6 is 27.5 Å². The van der Waals surface area contributed by atoms with E-state index in [1.54, 1.807) is 18.5 Å². The molecule has 0 fully saturated rings. The standard InChI is InChI=1S/C11H8BrClN4O/c12-7-4-15-2-1-9(7)17-11(18)6-3-10(13)16-5-8(6)14/h1-5H,14H2,(H,15,17,18). The molecule has 0 aliphatic rings. The van der Waals surface area contributed by atoms with E-state index in [0.29, 0.717) is 10.2 Å². The Kier molecular flexibility index (Phi) is 3.78. The van der Waals surface area contributed by atoms with Crippen molar-refractivity contribution < 1.29 is 4.79 Å². The highest BCUT2D eigenvalue weighted by Gasteiger charge is 2.12. The van der Waals surface area contributed by atoms with Gasteiger partial charge in [-0.1, -0.05) is 11.6 Å². The average molecular weight is 328 g/mol. The molecule has 0 spiro atoms.